The number of ether oxygens (including phenoxy) is 4. The Hall–Kier alpha value is -7.65. The van der Waals surface area contributed by atoms with Gasteiger partial charge in [-0.1, -0.05) is 177 Å². The molecule has 1 radical (unpaired) electrons. The van der Waals surface area contributed by atoms with Gasteiger partial charge in [-0.25, -0.2) is 0 Å². The first-order valence-electron chi connectivity index (χ1n) is 46.3. The zero-order chi connectivity index (χ0) is 88.4. The Morgan fingerprint density at radius 3 is 1.50 bits per heavy atom. The average molecular weight is 1700 g/mol. The van der Waals surface area contributed by atoms with Gasteiger partial charge >= 0.3 is 5.97 Å². The van der Waals surface area contributed by atoms with Gasteiger partial charge in [0, 0.05) is 90.8 Å². The summed E-state index contributed by atoms with van der Waals surface area (Å²) < 4.78 is 23.1. The zero-order valence-electron chi connectivity index (χ0n) is 77.3. The molecule has 12 aliphatic carbocycles. The van der Waals surface area contributed by atoms with Crippen molar-refractivity contribution in [2.45, 2.75) is 203 Å². The van der Waals surface area contributed by atoms with Crippen LogP contribution in [0.2, 0.25) is 5.02 Å². The number of benzene rings is 6. The van der Waals surface area contributed by atoms with Gasteiger partial charge in [0.1, 0.15) is 17.5 Å². The number of hydrogen-bond donors (Lipinski definition) is 3. The standard InChI is InChI=1S/C22H26BN2O4.C17H22N2O.C17H21NO.C16H19ClN2.2C12H21N.C10H17N/c1-15(26)29-21-20(16-9-11-17(28-4)12-10-16)23-18-7-5-6-8-19(18)25(22(21)27)14-13-24(2)3;1-17(20-14-13-19(2)3,15-9-5-4-6-10-15)16-11-7-8-12-18-16;1-18(2)13-14-19-17(15-9-5-3-6-10-15)16-11-7-4-8-12-16;1-19(2)12-10-15(16-5-3-4-11-18-16)13-6-8-14(17)9-7-13;1-10-3-9-4-11(2,6-10)8-12(13,5-9)7-10;1-8(13)12-5-9-2-10(6-12)4-11(3-9)7-12;11-10-4-7-1-8(5-10)3-9(2-7)6-10/h5-12,20-21H,13-14H2,1-4H3;4-12H,13-14H2,1-3H3;3-12,17H,13-14H2,1-2H3;3-9,11,15H,10,12H2,1-2H3;9H,3-8,13H2,1-2H3;8-11H,2-7,13H2,1H3;7-9H,1-6,11H2/t20-,21+;17-;;;9?,10-,11?,12?;;/m01..0../s1. The molecule has 21 rings (SSSR count). The topological polar surface area (TPSA) is 191 Å². The van der Waals surface area contributed by atoms with Gasteiger partial charge in [0.25, 0.3) is 5.91 Å². The molecule has 12 bridgehead atoms. The van der Waals surface area contributed by atoms with E-state index in [9.17, 15) is 9.59 Å². The van der Waals surface area contributed by atoms with E-state index in [2.05, 4.69) is 159 Å². The number of hydrogen-bond acceptors (Lipinski definition) is 15. The minimum Gasteiger partial charge on any atom is -0.497 e. The van der Waals surface area contributed by atoms with Gasteiger partial charge in [-0.2, -0.15) is 0 Å². The lowest BCUT2D eigenvalue weighted by molar-refractivity contribution is -0.153. The molecule has 6 aromatic carbocycles. The molecule has 2 aromatic heterocycles. The molecule has 12 saturated carbocycles. The maximum absolute atomic E-state index is 13.5. The number of carbonyl (C=O) groups is 2. The number of aromatic nitrogens is 2. The van der Waals surface area contributed by atoms with Crippen LogP contribution in [0.3, 0.4) is 0 Å². The van der Waals surface area contributed by atoms with Crippen LogP contribution in [0.1, 0.15) is 214 Å². The number of para-hydroxylation sites is 1. The van der Waals surface area contributed by atoms with E-state index < -0.39 is 23.5 Å². The van der Waals surface area contributed by atoms with Crippen LogP contribution in [-0.4, -0.2) is 181 Å². The maximum atomic E-state index is 13.5. The third kappa shape index (κ3) is 26.1. The third-order valence-corrected chi connectivity index (χ3v) is 28.7. The summed E-state index contributed by atoms with van der Waals surface area (Å²) in [5.74, 6) is 7.12. The average Bonchev–Trinajstić information content (AvgIpc) is 0.813. The van der Waals surface area contributed by atoms with Crippen molar-refractivity contribution in [2.75, 3.05) is 114 Å². The highest BCUT2D eigenvalue weighted by Gasteiger charge is 2.59. The number of pyridine rings is 2. The Morgan fingerprint density at radius 2 is 1.03 bits per heavy atom. The lowest BCUT2D eigenvalue weighted by atomic mass is 9.43. The molecule has 3 heterocycles. The summed E-state index contributed by atoms with van der Waals surface area (Å²) in [4.78, 5) is 44.6. The van der Waals surface area contributed by atoms with E-state index in [1.807, 2.05) is 174 Å². The number of methoxy groups -OCH3 is 1. The van der Waals surface area contributed by atoms with Crippen LogP contribution in [-0.2, 0) is 29.4 Å². The highest BCUT2D eigenvalue weighted by Crippen LogP contribution is 2.66. The maximum Gasteiger partial charge on any atom is 0.303 e. The number of nitrogens with two attached hydrogens (primary N) is 3. The molecule has 1 amide bonds. The fourth-order valence-corrected chi connectivity index (χ4v) is 24.4. The summed E-state index contributed by atoms with van der Waals surface area (Å²) in [7, 11) is 19.9. The molecule has 0 saturated heterocycles. The first kappa shape index (κ1) is 95.5. The Balaban J connectivity index is 0.000000134. The van der Waals surface area contributed by atoms with Crippen molar-refractivity contribution in [1.82, 2.24) is 29.6 Å². The number of esters is 1. The van der Waals surface area contributed by atoms with Crippen LogP contribution in [0.15, 0.2) is 213 Å². The van der Waals surface area contributed by atoms with Crippen molar-refractivity contribution in [1.29, 1.82) is 0 Å². The highest BCUT2D eigenvalue weighted by molar-refractivity contribution is 6.58. The molecular formula is C106H147BClN10O6. The first-order valence-corrected chi connectivity index (χ1v) is 46.6. The molecule has 667 valence electrons. The van der Waals surface area contributed by atoms with Gasteiger partial charge in [0.15, 0.2) is 13.4 Å². The SMILES string of the molecule is CC(N)C12CC3CC(CC(C3)C1)C2.CC12CC3CC(N)(C1)C[C@@](C)(C3)C2.CN(C)CCC(c1ccc(Cl)cc1)c1ccccn1.CN(C)CCOC(c1ccccc1)c1ccccc1.CN(C)CCO[C@](C)(c1ccccc1)c1ccccn1.COc1ccc([C@@H]2[B]c3ccccc3N(CCN(C)C)C(=O)[C@@H]2OC(C)=O)cc1.NC12CC3CC(CC(C3)C1)C2. The smallest absolute Gasteiger partial charge is 0.303 e. The molecule has 9 atom stereocenters. The largest absolute Gasteiger partial charge is 0.497 e. The van der Waals surface area contributed by atoms with Crippen LogP contribution < -0.4 is 32.3 Å². The number of anilines is 1. The molecule has 8 aromatic rings. The summed E-state index contributed by atoms with van der Waals surface area (Å²) >= 11 is 5.97. The van der Waals surface area contributed by atoms with E-state index >= 15 is 0 Å². The van der Waals surface area contributed by atoms with Gasteiger partial charge in [0.05, 0.1) is 26.0 Å². The number of likely N-dealkylation sites (N-methyl/N-ethyl adjacent to an activating group) is 3. The van der Waals surface area contributed by atoms with Gasteiger partial charge in [-0.3, -0.25) is 19.6 Å². The quantitative estimate of drug-likeness (QED) is 0.0382. The summed E-state index contributed by atoms with van der Waals surface area (Å²) in [6, 6.07) is 66.9. The van der Waals surface area contributed by atoms with Crippen LogP contribution in [0.5, 0.6) is 5.75 Å². The van der Waals surface area contributed by atoms with Gasteiger partial charge in [-0.05, 0) is 339 Å². The fourth-order valence-electron chi connectivity index (χ4n) is 24.2. The number of fused-ring (bicyclic) bond motifs is 1. The molecule has 6 N–H and O–H groups in total. The van der Waals surface area contributed by atoms with Crippen LogP contribution in [0.4, 0.5) is 5.69 Å². The number of nitrogens with zero attached hydrogens (tertiary/aromatic N) is 7. The predicted octanol–water partition coefficient (Wildman–Crippen LogP) is 18.9. The summed E-state index contributed by atoms with van der Waals surface area (Å²) in [5.41, 5.74) is 30.3. The van der Waals surface area contributed by atoms with Crippen molar-refractivity contribution in [3.05, 3.63) is 257 Å². The normalized spacial score (nSPS) is 28.2. The van der Waals surface area contributed by atoms with E-state index in [-0.39, 0.29) is 17.6 Å². The lowest BCUT2D eigenvalue weighted by Gasteiger charge is -2.64. The molecule has 5 unspecified atom stereocenters. The second-order valence-electron chi connectivity index (χ2n) is 40.8. The lowest BCUT2D eigenvalue weighted by Crippen LogP contribution is -2.62. The zero-order valence-corrected chi connectivity index (χ0v) is 78.0. The van der Waals surface area contributed by atoms with E-state index in [0.717, 1.165) is 119 Å². The third-order valence-electron chi connectivity index (χ3n) is 28.4. The highest BCUT2D eigenvalue weighted by atomic mass is 35.5. The minimum atomic E-state index is -0.935. The van der Waals surface area contributed by atoms with Crippen LogP contribution in [0.25, 0.3) is 0 Å². The number of rotatable bonds is 24. The monoisotopic (exact) mass is 1700 g/mol. The van der Waals surface area contributed by atoms with E-state index in [4.69, 9.17) is 47.7 Å². The number of carbonyl (C=O) groups excluding carboxylic acids is 2. The minimum absolute atomic E-state index is 0.0161. The van der Waals surface area contributed by atoms with E-state index in [0.29, 0.717) is 53.4 Å². The first-order chi connectivity index (χ1) is 59.3. The van der Waals surface area contributed by atoms with E-state index in [1.165, 1.54) is 139 Å². The fraction of sp³-hybridized carbons (Fsp3) is 0.547. The Morgan fingerprint density at radius 1 is 0.548 bits per heavy atom. The summed E-state index contributed by atoms with van der Waals surface area (Å²) in [6.07, 6.45) is 29.6. The molecular weight excluding hydrogens is 1560 g/mol. The van der Waals surface area contributed by atoms with Crippen molar-refractivity contribution < 1.29 is 28.5 Å². The molecule has 16 nitrogen and oxygen atoms in total. The van der Waals surface area contributed by atoms with Crippen molar-refractivity contribution >= 4 is 41.9 Å². The van der Waals surface area contributed by atoms with Crippen LogP contribution >= 0.6 is 11.6 Å². The molecule has 12 fully saturated rings. The molecule has 1 aliphatic heterocycles. The molecule has 18 heteroatoms. The molecule has 0 spiro atoms. The van der Waals surface area contributed by atoms with Gasteiger partial charge < -0.3 is 60.6 Å². The van der Waals surface area contributed by atoms with Gasteiger partial charge in [-0.15, -0.1) is 0 Å². The van der Waals surface area contributed by atoms with Crippen molar-refractivity contribution in [2.24, 2.45) is 74.9 Å². The van der Waals surface area contributed by atoms with Crippen molar-refractivity contribution in [3.8, 4) is 5.75 Å². The van der Waals surface area contributed by atoms with E-state index in [1.54, 1.807) is 12.0 Å². The summed E-state index contributed by atoms with van der Waals surface area (Å²) in [5, 5.41) is 0.774. The Bertz CT molecular complexity index is 4370. The second kappa shape index (κ2) is 43.4. The Labute approximate surface area is 750 Å². The van der Waals surface area contributed by atoms with Crippen LogP contribution in [0, 0.1) is 57.7 Å². The number of halogens is 1. The Kier molecular flexibility index (Phi) is 33.4. The second-order valence-corrected chi connectivity index (χ2v) is 41.2. The summed E-state index contributed by atoms with van der Waals surface area (Å²) in [6.45, 7) is 16.0. The van der Waals surface area contributed by atoms with Crippen molar-refractivity contribution in [3.63, 3.8) is 0 Å². The predicted molar refractivity (Wildman–Crippen MR) is 509 cm³/mol. The molecule has 13 aliphatic rings. The van der Waals surface area contributed by atoms with Gasteiger partial charge in [0.2, 0.25) is 0 Å². The molecule has 124 heavy (non-hydrogen) atoms. The number of amides is 1.